The lowest BCUT2D eigenvalue weighted by Crippen LogP contribution is -1.96. The summed E-state index contributed by atoms with van der Waals surface area (Å²) in [7, 11) is 1.65. The second-order valence-electron chi connectivity index (χ2n) is 3.93. The Morgan fingerprint density at radius 1 is 0.842 bits per heavy atom. The van der Waals surface area contributed by atoms with Gasteiger partial charge in [0.1, 0.15) is 5.75 Å². The zero-order valence-electron chi connectivity index (χ0n) is 10.5. The molecule has 19 heavy (non-hydrogen) atoms. The third-order valence-electron chi connectivity index (χ3n) is 2.75. The van der Waals surface area contributed by atoms with Crippen molar-refractivity contribution in [1.82, 2.24) is 0 Å². The Hall–Kier alpha value is -1.00. The Labute approximate surface area is 130 Å². The maximum atomic E-state index is 6.06. The Kier molecular flexibility index (Phi) is 5.28. The van der Waals surface area contributed by atoms with E-state index < -0.39 is 0 Å². The summed E-state index contributed by atoms with van der Waals surface area (Å²) >= 11 is 6.95. The lowest BCUT2D eigenvalue weighted by Gasteiger charge is -2.15. The molecule has 0 unspecified atom stereocenters. The van der Waals surface area contributed by atoms with E-state index in [2.05, 4.69) is 31.9 Å². The molecular weight excluding hydrogens is 372 g/mol. The molecule has 0 atom stereocenters. The fraction of sp³-hybridized carbons (Fsp3) is 0.200. The summed E-state index contributed by atoms with van der Waals surface area (Å²) in [6.07, 6.45) is 0. The van der Waals surface area contributed by atoms with E-state index in [1.165, 1.54) is 0 Å². The van der Waals surface area contributed by atoms with Crippen LogP contribution in [0.15, 0.2) is 42.5 Å². The summed E-state index contributed by atoms with van der Waals surface area (Å²) in [6, 6.07) is 13.8. The SMILES string of the molecule is COc1cccc(CBr)c1Oc1ccccc1CBr. The number of para-hydroxylation sites is 2. The van der Waals surface area contributed by atoms with E-state index in [1.54, 1.807) is 7.11 Å². The summed E-state index contributed by atoms with van der Waals surface area (Å²) < 4.78 is 11.4. The van der Waals surface area contributed by atoms with Gasteiger partial charge in [-0.05, 0) is 12.1 Å². The Morgan fingerprint density at radius 3 is 2.16 bits per heavy atom. The molecule has 0 amide bonds. The van der Waals surface area contributed by atoms with Gasteiger partial charge in [-0.25, -0.2) is 0 Å². The fourth-order valence-corrected chi connectivity index (χ4v) is 2.67. The van der Waals surface area contributed by atoms with Crippen LogP contribution < -0.4 is 9.47 Å². The highest BCUT2D eigenvalue weighted by atomic mass is 79.9. The van der Waals surface area contributed by atoms with Crippen LogP contribution in [0.3, 0.4) is 0 Å². The highest BCUT2D eigenvalue weighted by molar-refractivity contribution is 9.08. The van der Waals surface area contributed by atoms with Gasteiger partial charge in [-0.3, -0.25) is 0 Å². The van der Waals surface area contributed by atoms with Gasteiger partial charge >= 0.3 is 0 Å². The molecule has 0 fully saturated rings. The van der Waals surface area contributed by atoms with Crippen LogP contribution in [0.1, 0.15) is 11.1 Å². The van der Waals surface area contributed by atoms with Gasteiger partial charge in [-0.2, -0.15) is 0 Å². The minimum absolute atomic E-state index is 0.718. The highest BCUT2D eigenvalue weighted by Gasteiger charge is 2.12. The Balaban J connectivity index is 2.42. The van der Waals surface area contributed by atoms with Crippen LogP contribution in [0.4, 0.5) is 0 Å². The van der Waals surface area contributed by atoms with Crippen molar-refractivity contribution >= 4 is 31.9 Å². The number of halogens is 2. The molecule has 0 aliphatic rings. The molecule has 0 aliphatic heterocycles. The van der Waals surface area contributed by atoms with Gasteiger partial charge in [0.2, 0.25) is 0 Å². The average Bonchev–Trinajstić information content (AvgIpc) is 2.48. The first kappa shape index (κ1) is 14.4. The zero-order chi connectivity index (χ0) is 13.7. The molecule has 0 radical (unpaired) electrons. The molecule has 0 saturated heterocycles. The average molecular weight is 386 g/mol. The Morgan fingerprint density at radius 2 is 1.47 bits per heavy atom. The monoisotopic (exact) mass is 384 g/mol. The van der Waals surface area contributed by atoms with E-state index in [-0.39, 0.29) is 0 Å². The molecule has 0 spiro atoms. The van der Waals surface area contributed by atoms with Crippen molar-refractivity contribution in [1.29, 1.82) is 0 Å². The van der Waals surface area contributed by atoms with E-state index in [0.29, 0.717) is 0 Å². The molecular formula is C15H14Br2O2. The number of methoxy groups -OCH3 is 1. The minimum Gasteiger partial charge on any atom is -0.493 e. The van der Waals surface area contributed by atoms with Crippen LogP contribution in [0, 0.1) is 0 Å². The lowest BCUT2D eigenvalue weighted by molar-refractivity contribution is 0.376. The van der Waals surface area contributed by atoms with E-state index in [0.717, 1.165) is 39.0 Å². The number of hydrogen-bond acceptors (Lipinski definition) is 2. The number of rotatable bonds is 5. The van der Waals surface area contributed by atoms with Gasteiger partial charge in [0.25, 0.3) is 0 Å². The highest BCUT2D eigenvalue weighted by Crippen LogP contribution is 2.37. The third-order valence-corrected chi connectivity index (χ3v) is 3.96. The molecule has 2 aromatic carbocycles. The third kappa shape index (κ3) is 3.31. The van der Waals surface area contributed by atoms with Gasteiger partial charge < -0.3 is 9.47 Å². The molecule has 4 heteroatoms. The predicted octanol–water partition coefficient (Wildman–Crippen LogP) is 5.28. The van der Waals surface area contributed by atoms with Gasteiger partial charge in [-0.1, -0.05) is 62.2 Å². The number of ether oxygens (including phenoxy) is 2. The molecule has 0 aromatic heterocycles. The first-order chi connectivity index (χ1) is 9.30. The largest absolute Gasteiger partial charge is 0.493 e. The van der Waals surface area contributed by atoms with E-state index >= 15 is 0 Å². The first-order valence-corrected chi connectivity index (χ1v) is 8.08. The van der Waals surface area contributed by atoms with E-state index in [1.807, 2.05) is 42.5 Å². The van der Waals surface area contributed by atoms with Crippen LogP contribution in [0.5, 0.6) is 17.2 Å². The fourth-order valence-electron chi connectivity index (χ4n) is 1.77. The van der Waals surface area contributed by atoms with Crippen molar-refractivity contribution in [3.8, 4) is 17.2 Å². The molecule has 0 heterocycles. The van der Waals surface area contributed by atoms with Crippen LogP contribution in [0.25, 0.3) is 0 Å². The van der Waals surface area contributed by atoms with Crippen LogP contribution in [-0.4, -0.2) is 7.11 Å². The van der Waals surface area contributed by atoms with Crippen molar-refractivity contribution in [2.24, 2.45) is 0 Å². The first-order valence-electron chi connectivity index (χ1n) is 5.83. The molecule has 2 nitrogen and oxygen atoms in total. The van der Waals surface area contributed by atoms with Crippen LogP contribution >= 0.6 is 31.9 Å². The van der Waals surface area contributed by atoms with Gasteiger partial charge in [-0.15, -0.1) is 0 Å². The summed E-state index contributed by atoms with van der Waals surface area (Å²) in [4.78, 5) is 0. The topological polar surface area (TPSA) is 18.5 Å². The number of hydrogen-bond donors (Lipinski definition) is 0. The maximum Gasteiger partial charge on any atom is 0.173 e. The van der Waals surface area contributed by atoms with Crippen LogP contribution in [0.2, 0.25) is 0 Å². The van der Waals surface area contributed by atoms with Gasteiger partial charge in [0.15, 0.2) is 11.5 Å². The minimum atomic E-state index is 0.718. The second kappa shape index (κ2) is 6.96. The van der Waals surface area contributed by atoms with Crippen molar-refractivity contribution in [2.75, 3.05) is 7.11 Å². The predicted molar refractivity (Wildman–Crippen MR) is 84.8 cm³/mol. The van der Waals surface area contributed by atoms with Crippen molar-refractivity contribution < 1.29 is 9.47 Å². The Bertz CT molecular complexity index is 533. The summed E-state index contributed by atoms with van der Waals surface area (Å²) in [5, 5.41) is 1.47. The lowest BCUT2D eigenvalue weighted by atomic mass is 10.2. The quantitative estimate of drug-likeness (QED) is 0.652. The van der Waals surface area contributed by atoms with Gasteiger partial charge in [0, 0.05) is 21.8 Å². The molecule has 0 saturated carbocycles. The number of alkyl halides is 2. The van der Waals surface area contributed by atoms with E-state index in [4.69, 9.17) is 9.47 Å². The number of benzene rings is 2. The van der Waals surface area contributed by atoms with Crippen molar-refractivity contribution in [2.45, 2.75) is 10.7 Å². The standard InChI is InChI=1S/C15H14Br2O2/c1-18-14-8-4-6-12(10-17)15(14)19-13-7-3-2-5-11(13)9-16/h2-8H,9-10H2,1H3. The van der Waals surface area contributed by atoms with E-state index in [9.17, 15) is 0 Å². The molecule has 0 bridgehead atoms. The molecule has 100 valence electrons. The van der Waals surface area contributed by atoms with Crippen molar-refractivity contribution in [3.05, 3.63) is 53.6 Å². The smallest absolute Gasteiger partial charge is 0.173 e. The van der Waals surface area contributed by atoms with Crippen LogP contribution in [-0.2, 0) is 10.7 Å². The molecule has 2 rings (SSSR count). The van der Waals surface area contributed by atoms with Crippen molar-refractivity contribution in [3.63, 3.8) is 0 Å². The maximum absolute atomic E-state index is 6.06. The molecule has 0 aliphatic carbocycles. The summed E-state index contributed by atoms with van der Waals surface area (Å²) in [5.74, 6) is 2.34. The van der Waals surface area contributed by atoms with Gasteiger partial charge in [0.05, 0.1) is 7.11 Å². The summed E-state index contributed by atoms with van der Waals surface area (Å²) in [6.45, 7) is 0. The molecule has 0 N–H and O–H groups in total. The molecule has 2 aromatic rings. The second-order valence-corrected chi connectivity index (χ2v) is 5.05. The summed E-state index contributed by atoms with van der Waals surface area (Å²) in [5.41, 5.74) is 2.16. The normalized spacial score (nSPS) is 10.3. The zero-order valence-corrected chi connectivity index (χ0v) is 13.7.